The number of nitrogens with zero attached hydrogens (tertiary/aromatic N) is 5. The summed E-state index contributed by atoms with van der Waals surface area (Å²) in [6.45, 7) is 1.97. The van der Waals surface area contributed by atoms with Crippen LogP contribution in [0.1, 0.15) is 18.4 Å². The number of hydrogen-bond acceptors (Lipinski definition) is 8. The number of benzene rings is 1. The lowest BCUT2D eigenvalue weighted by molar-refractivity contribution is 0.145. The second kappa shape index (κ2) is 8.16. The van der Waals surface area contributed by atoms with Gasteiger partial charge < -0.3 is 20.1 Å². The molecule has 4 aromatic rings. The van der Waals surface area contributed by atoms with Crippen molar-refractivity contribution in [2.75, 3.05) is 30.4 Å². The average Bonchev–Trinajstić information content (AvgIpc) is 3.27. The number of nitrogens with one attached hydrogen (secondary N) is 2. The first-order valence-electron chi connectivity index (χ1n) is 10.1. The van der Waals surface area contributed by atoms with Crippen molar-refractivity contribution in [1.29, 1.82) is 0 Å². The van der Waals surface area contributed by atoms with Crippen molar-refractivity contribution in [2.45, 2.75) is 25.5 Å². The molecule has 10 heteroatoms. The number of ether oxygens (including phenoxy) is 1. The van der Waals surface area contributed by atoms with E-state index < -0.39 is 0 Å². The third-order valence-corrected chi connectivity index (χ3v) is 5.94. The summed E-state index contributed by atoms with van der Waals surface area (Å²) in [5.41, 5.74) is 1.68. The van der Waals surface area contributed by atoms with Gasteiger partial charge >= 0.3 is 0 Å². The van der Waals surface area contributed by atoms with E-state index in [-0.39, 0.29) is 6.10 Å². The first kappa shape index (κ1) is 19.8. The topological polar surface area (TPSA) is 112 Å². The Hall–Kier alpha value is -3.17. The number of hydrogen-bond donors (Lipinski definition) is 3. The Labute approximate surface area is 183 Å². The summed E-state index contributed by atoms with van der Waals surface area (Å²) < 4.78 is 5.22. The van der Waals surface area contributed by atoms with Crippen molar-refractivity contribution in [1.82, 2.24) is 25.4 Å². The van der Waals surface area contributed by atoms with Crippen molar-refractivity contribution >= 4 is 45.0 Å². The maximum absolute atomic E-state index is 9.86. The van der Waals surface area contributed by atoms with Gasteiger partial charge in [-0.05, 0) is 30.5 Å². The number of H-pyrrole nitrogens is 1. The van der Waals surface area contributed by atoms with Crippen molar-refractivity contribution in [2.24, 2.45) is 0 Å². The van der Waals surface area contributed by atoms with Gasteiger partial charge in [-0.2, -0.15) is 5.10 Å². The van der Waals surface area contributed by atoms with E-state index in [2.05, 4.69) is 35.6 Å². The van der Waals surface area contributed by atoms with Crippen LogP contribution in [0.5, 0.6) is 5.75 Å². The molecule has 4 heterocycles. The maximum Gasteiger partial charge on any atom is 0.160 e. The molecule has 5 rings (SSSR count). The van der Waals surface area contributed by atoms with E-state index in [0.717, 1.165) is 40.6 Å². The summed E-state index contributed by atoms with van der Waals surface area (Å²) in [5, 5.41) is 32.6. The zero-order chi connectivity index (χ0) is 21.4. The van der Waals surface area contributed by atoms with Gasteiger partial charge in [0.25, 0.3) is 0 Å². The lowest BCUT2D eigenvalue weighted by Gasteiger charge is -2.31. The Morgan fingerprint density at radius 3 is 2.84 bits per heavy atom. The van der Waals surface area contributed by atoms with Gasteiger partial charge in [0.05, 0.1) is 29.8 Å². The number of aliphatic hydroxyl groups is 1. The fraction of sp³-hybridized carbons (Fsp3) is 0.333. The van der Waals surface area contributed by atoms with Crippen LogP contribution in [0.4, 0.5) is 11.6 Å². The minimum Gasteiger partial charge on any atom is -0.495 e. The van der Waals surface area contributed by atoms with Crippen LogP contribution in [0.2, 0.25) is 5.02 Å². The Kier molecular flexibility index (Phi) is 5.21. The molecule has 0 bridgehead atoms. The normalized spacial score (nSPS) is 15.0. The van der Waals surface area contributed by atoms with Crippen molar-refractivity contribution in [3.8, 4) is 5.75 Å². The van der Waals surface area contributed by atoms with E-state index in [1.165, 1.54) is 0 Å². The molecular formula is C21H22ClN7O2. The highest BCUT2D eigenvalue weighted by Crippen LogP contribution is 2.34. The van der Waals surface area contributed by atoms with E-state index in [1.54, 1.807) is 19.5 Å². The van der Waals surface area contributed by atoms with E-state index in [0.29, 0.717) is 41.6 Å². The lowest BCUT2D eigenvalue weighted by atomic mass is 10.1. The van der Waals surface area contributed by atoms with Crippen LogP contribution < -0.4 is 15.0 Å². The van der Waals surface area contributed by atoms with Crippen molar-refractivity contribution < 1.29 is 9.84 Å². The average molecular weight is 440 g/mol. The first-order valence-corrected chi connectivity index (χ1v) is 10.5. The molecule has 1 fully saturated rings. The highest BCUT2D eigenvalue weighted by Gasteiger charge is 2.23. The van der Waals surface area contributed by atoms with E-state index in [1.807, 2.05) is 18.2 Å². The van der Waals surface area contributed by atoms with Gasteiger partial charge in [0, 0.05) is 36.6 Å². The van der Waals surface area contributed by atoms with Gasteiger partial charge in [0.1, 0.15) is 5.75 Å². The third kappa shape index (κ3) is 3.70. The summed E-state index contributed by atoms with van der Waals surface area (Å²) >= 11 is 6.26. The minimum atomic E-state index is -0.258. The fourth-order valence-corrected chi connectivity index (χ4v) is 4.25. The molecule has 1 saturated heterocycles. The number of rotatable bonds is 5. The van der Waals surface area contributed by atoms with Crippen LogP contribution in [-0.2, 0) is 6.54 Å². The van der Waals surface area contributed by atoms with Gasteiger partial charge in [-0.3, -0.25) is 5.10 Å². The van der Waals surface area contributed by atoms with E-state index in [4.69, 9.17) is 16.3 Å². The van der Waals surface area contributed by atoms with Gasteiger partial charge in [-0.25, -0.2) is 4.98 Å². The Balaban J connectivity index is 1.53. The molecular weight excluding hydrogens is 418 g/mol. The van der Waals surface area contributed by atoms with Crippen molar-refractivity contribution in [3.05, 3.63) is 41.2 Å². The smallest absolute Gasteiger partial charge is 0.160 e. The second-order valence-electron chi connectivity index (χ2n) is 7.59. The molecule has 0 radical (unpaired) electrons. The van der Waals surface area contributed by atoms with E-state index >= 15 is 0 Å². The number of halogens is 1. The molecule has 1 aliphatic rings. The van der Waals surface area contributed by atoms with Crippen LogP contribution in [0.3, 0.4) is 0 Å². The van der Waals surface area contributed by atoms with Gasteiger partial charge in [0.15, 0.2) is 17.3 Å². The van der Waals surface area contributed by atoms with E-state index in [9.17, 15) is 5.11 Å². The molecule has 0 saturated carbocycles. The number of aromatic amines is 1. The minimum absolute atomic E-state index is 0.258. The number of anilines is 2. The zero-order valence-corrected chi connectivity index (χ0v) is 17.7. The van der Waals surface area contributed by atoms with Crippen LogP contribution in [0.15, 0.2) is 30.6 Å². The molecule has 0 unspecified atom stereocenters. The monoisotopic (exact) mass is 439 g/mol. The SMILES string of the molecule is COc1ccc(CNc2nnc(N3CCC(O)CC3)c3cnc4[nH]ncc4c23)cc1Cl. The zero-order valence-electron chi connectivity index (χ0n) is 17.0. The highest BCUT2D eigenvalue weighted by molar-refractivity contribution is 6.32. The number of methoxy groups -OCH3 is 1. The summed E-state index contributed by atoms with van der Waals surface area (Å²) in [4.78, 5) is 6.66. The third-order valence-electron chi connectivity index (χ3n) is 5.64. The van der Waals surface area contributed by atoms with Crippen LogP contribution >= 0.6 is 11.6 Å². The summed E-state index contributed by atoms with van der Waals surface area (Å²) in [5.74, 6) is 2.06. The van der Waals surface area contributed by atoms with Gasteiger partial charge in [0.2, 0.25) is 0 Å². The molecule has 3 aromatic heterocycles. The fourth-order valence-electron chi connectivity index (χ4n) is 3.97. The molecule has 0 amide bonds. The summed E-state index contributed by atoms with van der Waals surface area (Å²) in [6, 6.07) is 5.66. The molecule has 9 nitrogen and oxygen atoms in total. The first-order chi connectivity index (χ1) is 15.1. The van der Waals surface area contributed by atoms with Crippen molar-refractivity contribution in [3.63, 3.8) is 0 Å². The quantitative estimate of drug-likeness (QED) is 0.434. The molecule has 1 aromatic carbocycles. The van der Waals surface area contributed by atoms with Gasteiger partial charge in [-0.1, -0.05) is 17.7 Å². The Morgan fingerprint density at radius 1 is 1.23 bits per heavy atom. The molecule has 160 valence electrons. The Morgan fingerprint density at radius 2 is 2.06 bits per heavy atom. The predicted octanol–water partition coefficient (Wildman–Crippen LogP) is 3.14. The maximum atomic E-state index is 9.86. The number of aliphatic hydroxyl groups excluding tert-OH is 1. The Bertz CT molecular complexity index is 1240. The summed E-state index contributed by atoms with van der Waals surface area (Å²) in [6.07, 6.45) is 4.73. The molecule has 1 aliphatic heterocycles. The van der Waals surface area contributed by atoms with Crippen LogP contribution in [-0.4, -0.2) is 56.8 Å². The molecule has 31 heavy (non-hydrogen) atoms. The number of pyridine rings is 1. The predicted molar refractivity (Wildman–Crippen MR) is 120 cm³/mol. The van der Waals surface area contributed by atoms with Crippen LogP contribution in [0, 0.1) is 0 Å². The summed E-state index contributed by atoms with van der Waals surface area (Å²) in [7, 11) is 1.59. The molecule has 0 spiro atoms. The largest absolute Gasteiger partial charge is 0.495 e. The molecule has 0 atom stereocenters. The highest BCUT2D eigenvalue weighted by atomic mass is 35.5. The van der Waals surface area contributed by atoms with Gasteiger partial charge in [-0.15, -0.1) is 10.2 Å². The number of aromatic nitrogens is 5. The second-order valence-corrected chi connectivity index (χ2v) is 8.00. The molecule has 0 aliphatic carbocycles. The lowest BCUT2D eigenvalue weighted by Crippen LogP contribution is -2.36. The number of piperidine rings is 1. The number of fused-ring (bicyclic) bond motifs is 3. The standard InChI is InChI=1S/C21H22ClN7O2/c1-31-17-3-2-12(8-16(17)22)9-23-20-18-14-11-25-26-19(14)24-10-15(18)21(28-27-20)29-6-4-13(30)5-7-29/h2-3,8,10-11,13,30H,4-7,9H2,1H3,(H,23,27)(H,24,25,26). The van der Waals surface area contributed by atoms with Crippen LogP contribution in [0.25, 0.3) is 21.8 Å². The molecule has 3 N–H and O–H groups in total.